The summed E-state index contributed by atoms with van der Waals surface area (Å²) in [5.41, 5.74) is 2.89. The second-order valence-corrected chi connectivity index (χ2v) is 8.90. The zero-order valence-corrected chi connectivity index (χ0v) is 20.4. The van der Waals surface area contributed by atoms with E-state index in [0.717, 1.165) is 5.56 Å². The number of H-pyrrole nitrogens is 1. The lowest BCUT2D eigenvalue weighted by molar-refractivity contribution is -0.132. The van der Waals surface area contributed by atoms with Crippen LogP contribution in [0.1, 0.15) is 70.0 Å². The van der Waals surface area contributed by atoms with E-state index in [1.54, 1.807) is 26.8 Å². The second-order valence-electron chi connectivity index (χ2n) is 8.90. The van der Waals surface area contributed by atoms with Crippen LogP contribution in [0.3, 0.4) is 0 Å². The van der Waals surface area contributed by atoms with Crippen LogP contribution < -0.4 is 4.90 Å². The number of benzene rings is 1. The minimum absolute atomic E-state index is 0.102. The number of ketones is 1. The van der Waals surface area contributed by atoms with Crippen molar-refractivity contribution < 1.29 is 28.8 Å². The number of aromatic nitrogens is 2. The maximum Gasteiger partial charge on any atom is 0.354 e. The lowest BCUT2D eigenvalue weighted by Crippen LogP contribution is -2.29. The molecule has 1 saturated heterocycles. The zero-order chi connectivity index (χ0) is 25.6. The van der Waals surface area contributed by atoms with Gasteiger partial charge in [-0.1, -0.05) is 43.3 Å². The first kappa shape index (κ1) is 24.0. The summed E-state index contributed by atoms with van der Waals surface area (Å²) in [6.45, 7) is 9.11. The predicted molar refractivity (Wildman–Crippen MR) is 128 cm³/mol. The van der Waals surface area contributed by atoms with Crippen LogP contribution >= 0.6 is 0 Å². The number of nitrogens with one attached hydrogen (secondary N) is 1. The predicted octanol–water partition coefficient (Wildman–Crippen LogP) is 4.46. The van der Waals surface area contributed by atoms with Crippen molar-refractivity contribution in [2.75, 3.05) is 12.0 Å². The van der Waals surface area contributed by atoms with E-state index in [-0.39, 0.29) is 34.3 Å². The van der Waals surface area contributed by atoms with Crippen molar-refractivity contribution in [2.45, 2.75) is 46.6 Å². The van der Waals surface area contributed by atoms with Crippen molar-refractivity contribution in [3.8, 4) is 0 Å². The number of aliphatic hydroxyl groups excluding tert-OH is 1. The molecule has 9 nitrogen and oxygen atoms in total. The van der Waals surface area contributed by atoms with Gasteiger partial charge in [-0.2, -0.15) is 0 Å². The van der Waals surface area contributed by atoms with Gasteiger partial charge >= 0.3 is 11.9 Å². The maximum absolute atomic E-state index is 13.3. The third kappa shape index (κ3) is 3.92. The van der Waals surface area contributed by atoms with Crippen LogP contribution in [-0.4, -0.2) is 40.0 Å². The fourth-order valence-electron chi connectivity index (χ4n) is 4.46. The number of amides is 1. The molecule has 0 bridgehead atoms. The number of aromatic amines is 1. The summed E-state index contributed by atoms with van der Waals surface area (Å²) in [7, 11) is 1.25. The minimum Gasteiger partial charge on any atom is -0.507 e. The van der Waals surface area contributed by atoms with Crippen LogP contribution in [0.25, 0.3) is 5.76 Å². The van der Waals surface area contributed by atoms with Crippen molar-refractivity contribution in [2.24, 2.45) is 0 Å². The van der Waals surface area contributed by atoms with Crippen molar-refractivity contribution in [3.05, 3.63) is 75.3 Å². The average Bonchev–Trinajstić information content (AvgIpc) is 3.46. The smallest absolute Gasteiger partial charge is 0.354 e. The average molecular weight is 478 g/mol. The molecule has 4 rings (SSSR count). The van der Waals surface area contributed by atoms with Gasteiger partial charge in [0.15, 0.2) is 5.82 Å². The van der Waals surface area contributed by atoms with Crippen LogP contribution in [-0.2, 0) is 14.3 Å². The van der Waals surface area contributed by atoms with Gasteiger partial charge in [0.1, 0.15) is 17.2 Å². The number of hydrogen-bond donors (Lipinski definition) is 2. The molecule has 1 amide bonds. The third-order valence-electron chi connectivity index (χ3n) is 6.29. The number of nitrogens with zero attached hydrogens (tertiary/aromatic N) is 2. The highest BCUT2D eigenvalue weighted by Crippen LogP contribution is 2.43. The molecule has 35 heavy (non-hydrogen) atoms. The standard InChI is InChI=1S/C26H27N3O6/c1-12(2)16-7-9-17(10-8-16)22-20(24(31)25(32)29(22)18-11-13(3)35-28-18)23(30)19-14(4)21(26(33)34-6)27-15(19)5/h7-12,22,27,30H,1-6H3/b23-20+. The maximum atomic E-state index is 13.3. The molecule has 2 aromatic heterocycles. The van der Waals surface area contributed by atoms with Gasteiger partial charge in [-0.15, -0.1) is 0 Å². The molecule has 0 aliphatic carbocycles. The molecule has 0 radical (unpaired) electrons. The van der Waals surface area contributed by atoms with Gasteiger partial charge in [0.05, 0.1) is 18.7 Å². The molecule has 1 aliphatic heterocycles. The van der Waals surface area contributed by atoms with Gasteiger partial charge < -0.3 is 19.4 Å². The highest BCUT2D eigenvalue weighted by molar-refractivity contribution is 6.51. The first-order valence-electron chi connectivity index (χ1n) is 11.2. The Morgan fingerprint density at radius 3 is 2.37 bits per heavy atom. The van der Waals surface area contributed by atoms with Crippen LogP contribution in [0.15, 0.2) is 40.4 Å². The summed E-state index contributed by atoms with van der Waals surface area (Å²) in [5.74, 6) is -1.77. The number of anilines is 1. The number of aryl methyl sites for hydroxylation is 2. The fourth-order valence-corrected chi connectivity index (χ4v) is 4.46. The first-order valence-corrected chi connectivity index (χ1v) is 11.2. The normalized spacial score (nSPS) is 17.5. The Bertz CT molecular complexity index is 1360. The van der Waals surface area contributed by atoms with E-state index < -0.39 is 23.7 Å². The molecule has 0 saturated carbocycles. The van der Waals surface area contributed by atoms with Gasteiger partial charge in [-0.3, -0.25) is 14.5 Å². The van der Waals surface area contributed by atoms with Gasteiger partial charge in [-0.25, -0.2) is 4.79 Å². The fraction of sp³-hybridized carbons (Fsp3) is 0.308. The number of ether oxygens (including phenoxy) is 1. The number of esters is 1. The van der Waals surface area contributed by atoms with Crippen molar-refractivity contribution in [1.82, 2.24) is 10.1 Å². The van der Waals surface area contributed by atoms with E-state index in [1.807, 2.05) is 24.3 Å². The van der Waals surface area contributed by atoms with Crippen LogP contribution in [0.2, 0.25) is 0 Å². The Hall–Kier alpha value is -4.14. The van der Waals surface area contributed by atoms with Crippen LogP contribution in [0, 0.1) is 20.8 Å². The summed E-state index contributed by atoms with van der Waals surface area (Å²) in [6, 6.07) is 8.12. The highest BCUT2D eigenvalue weighted by atomic mass is 16.5. The molecule has 1 aliphatic rings. The summed E-state index contributed by atoms with van der Waals surface area (Å²) < 4.78 is 9.98. The molecule has 182 valence electrons. The monoisotopic (exact) mass is 477 g/mol. The van der Waals surface area contributed by atoms with E-state index in [9.17, 15) is 19.5 Å². The summed E-state index contributed by atoms with van der Waals surface area (Å²) in [4.78, 5) is 42.8. The molecule has 3 aromatic rings. The SMILES string of the molecule is COC(=O)c1[nH]c(C)c(/C(O)=C2\C(=O)C(=O)N(c3cc(C)on3)C2c2ccc(C(C)C)cc2)c1C. The second kappa shape index (κ2) is 8.90. The lowest BCUT2D eigenvalue weighted by atomic mass is 9.92. The van der Waals surface area contributed by atoms with Crippen LogP contribution in [0.4, 0.5) is 5.82 Å². The molecular formula is C26H27N3O6. The Balaban J connectivity index is 1.96. The van der Waals surface area contributed by atoms with E-state index >= 15 is 0 Å². The Morgan fingerprint density at radius 2 is 1.83 bits per heavy atom. The summed E-state index contributed by atoms with van der Waals surface area (Å²) in [6.07, 6.45) is 0. The van der Waals surface area contributed by atoms with Crippen molar-refractivity contribution in [3.63, 3.8) is 0 Å². The number of hydrogen-bond acceptors (Lipinski definition) is 7. The number of carbonyl (C=O) groups excluding carboxylic acids is 3. The minimum atomic E-state index is -0.948. The molecule has 3 heterocycles. The molecule has 1 aromatic carbocycles. The molecule has 1 unspecified atom stereocenters. The number of methoxy groups -OCH3 is 1. The summed E-state index contributed by atoms with van der Waals surface area (Å²) in [5, 5.41) is 15.4. The molecule has 0 spiro atoms. The van der Waals surface area contributed by atoms with Gasteiger partial charge in [-0.05, 0) is 43.4 Å². The Morgan fingerprint density at radius 1 is 1.17 bits per heavy atom. The topological polar surface area (TPSA) is 126 Å². The number of aliphatic hydroxyl groups is 1. The third-order valence-corrected chi connectivity index (χ3v) is 6.29. The molecule has 1 atom stereocenters. The molecule has 9 heteroatoms. The van der Waals surface area contributed by atoms with Crippen molar-refractivity contribution in [1.29, 1.82) is 0 Å². The van der Waals surface area contributed by atoms with Gasteiger partial charge in [0.25, 0.3) is 5.78 Å². The largest absolute Gasteiger partial charge is 0.507 e. The van der Waals surface area contributed by atoms with Crippen molar-refractivity contribution >= 4 is 29.2 Å². The molecular weight excluding hydrogens is 450 g/mol. The van der Waals surface area contributed by atoms with Gasteiger partial charge in [0.2, 0.25) is 0 Å². The van der Waals surface area contributed by atoms with E-state index in [2.05, 4.69) is 24.0 Å². The Labute approximate surface area is 202 Å². The van der Waals surface area contributed by atoms with Gasteiger partial charge in [0, 0.05) is 17.3 Å². The lowest BCUT2D eigenvalue weighted by Gasteiger charge is -2.23. The summed E-state index contributed by atoms with van der Waals surface area (Å²) >= 11 is 0. The molecule has 1 fully saturated rings. The molecule has 2 N–H and O–H groups in total. The quantitative estimate of drug-likeness (QED) is 0.240. The van der Waals surface area contributed by atoms with E-state index in [4.69, 9.17) is 9.26 Å². The number of rotatable bonds is 5. The highest BCUT2D eigenvalue weighted by Gasteiger charge is 2.48. The van der Waals surface area contributed by atoms with Crippen LogP contribution in [0.5, 0.6) is 0 Å². The van der Waals surface area contributed by atoms with E-state index in [0.29, 0.717) is 22.6 Å². The number of Topliss-reactive ketones (excluding diaryl/α,β-unsaturated/α-hetero) is 1. The first-order chi connectivity index (χ1) is 16.6. The zero-order valence-electron chi connectivity index (χ0n) is 20.4. The van der Waals surface area contributed by atoms with E-state index in [1.165, 1.54) is 12.0 Å². The number of carbonyl (C=O) groups is 3. The Kier molecular flexibility index (Phi) is 6.10.